The third kappa shape index (κ3) is 6.20. The number of ketones is 1. The van der Waals surface area contributed by atoms with Gasteiger partial charge in [0.25, 0.3) is 5.91 Å². The summed E-state index contributed by atoms with van der Waals surface area (Å²) in [7, 11) is 1.59. The van der Waals surface area contributed by atoms with Crippen molar-refractivity contribution in [2.75, 3.05) is 26.8 Å². The summed E-state index contributed by atoms with van der Waals surface area (Å²) >= 11 is 0. The van der Waals surface area contributed by atoms with Crippen molar-refractivity contribution in [1.29, 1.82) is 0 Å². The molecule has 3 aromatic rings. The van der Waals surface area contributed by atoms with E-state index in [-0.39, 0.29) is 59.9 Å². The van der Waals surface area contributed by atoms with E-state index in [1.165, 1.54) is 0 Å². The van der Waals surface area contributed by atoms with Crippen LogP contribution in [0.25, 0.3) is 10.9 Å². The first-order chi connectivity index (χ1) is 21.7. The van der Waals surface area contributed by atoms with Crippen LogP contribution in [0, 0.1) is 23.2 Å². The number of H-pyrrole nitrogens is 1. The number of nitrogens with zero attached hydrogens (tertiary/aromatic N) is 1. The van der Waals surface area contributed by atoms with Gasteiger partial charge in [-0.15, -0.1) is 0 Å². The van der Waals surface area contributed by atoms with E-state index < -0.39 is 12.1 Å². The Morgan fingerprint density at radius 1 is 1.11 bits per heavy atom. The Balaban J connectivity index is 1.19. The predicted octanol–water partition coefficient (Wildman–Crippen LogP) is 3.85. The molecular formula is C35H42N4O6. The van der Waals surface area contributed by atoms with Gasteiger partial charge in [-0.3, -0.25) is 19.2 Å². The minimum Gasteiger partial charge on any atom is -0.496 e. The average Bonchev–Trinajstić information content (AvgIpc) is 3.40. The molecule has 2 saturated heterocycles. The van der Waals surface area contributed by atoms with E-state index in [0.29, 0.717) is 37.4 Å². The van der Waals surface area contributed by atoms with E-state index in [2.05, 4.69) is 29.5 Å². The summed E-state index contributed by atoms with van der Waals surface area (Å²) in [6.45, 7) is 5.48. The molecule has 1 saturated carbocycles. The van der Waals surface area contributed by atoms with Crippen molar-refractivity contribution < 1.29 is 28.7 Å². The Morgan fingerprint density at radius 2 is 1.91 bits per heavy atom. The van der Waals surface area contributed by atoms with Gasteiger partial charge in [0.2, 0.25) is 11.8 Å². The number of piperidine rings is 2. The Bertz CT molecular complexity index is 1580. The molecule has 3 aliphatic rings. The quantitative estimate of drug-likeness (QED) is 0.284. The molecule has 6 rings (SSSR count). The second-order valence-corrected chi connectivity index (χ2v) is 13.2. The van der Waals surface area contributed by atoms with Crippen molar-refractivity contribution in [3.63, 3.8) is 0 Å². The molecule has 3 N–H and O–H groups in total. The zero-order valence-corrected chi connectivity index (χ0v) is 26.1. The standard InChI is InChI=1S/C35H42N4O6/c1-35(2)24-18-39(34(43)27-17-23-25(37-27)12-7-13-29(23)44-3)31(30(24)35)33(42)38-26(15-14-22-11-8-16-36-32(22)41)28(40)20-45-19-21-9-5-4-6-10-21/h4-7,9-10,12-13,17,22,24,26,30-31,37H,8,11,14-16,18-20H2,1-3H3,(H,36,41)(H,38,42)/t22-,24-,26-,30-,31-/m0/s1. The Hall–Kier alpha value is -4.18. The molecular weight excluding hydrogens is 572 g/mol. The van der Waals surface area contributed by atoms with Crippen LogP contribution in [0.1, 0.15) is 55.6 Å². The van der Waals surface area contributed by atoms with E-state index in [1.807, 2.05) is 48.5 Å². The molecule has 5 atom stereocenters. The van der Waals surface area contributed by atoms with Gasteiger partial charge in [0.1, 0.15) is 24.1 Å². The number of aromatic nitrogens is 1. The molecule has 10 nitrogen and oxygen atoms in total. The van der Waals surface area contributed by atoms with Crippen molar-refractivity contribution in [3.8, 4) is 5.75 Å². The molecule has 0 bridgehead atoms. The minimum absolute atomic E-state index is 0.01000. The summed E-state index contributed by atoms with van der Waals surface area (Å²) in [6.07, 6.45) is 2.43. The monoisotopic (exact) mass is 614 g/mol. The van der Waals surface area contributed by atoms with E-state index in [1.54, 1.807) is 18.1 Å². The number of fused-ring (bicyclic) bond motifs is 2. The fourth-order valence-corrected chi connectivity index (χ4v) is 7.36. The molecule has 45 heavy (non-hydrogen) atoms. The van der Waals surface area contributed by atoms with Crippen molar-refractivity contribution in [2.45, 2.75) is 58.2 Å². The number of nitrogens with one attached hydrogen (secondary N) is 3. The lowest BCUT2D eigenvalue weighted by Crippen LogP contribution is -2.54. The van der Waals surface area contributed by atoms with Crippen LogP contribution >= 0.6 is 0 Å². The summed E-state index contributed by atoms with van der Waals surface area (Å²) < 4.78 is 11.2. The van der Waals surface area contributed by atoms with Gasteiger partial charge >= 0.3 is 0 Å². The SMILES string of the molecule is COc1cccc2[nH]c(C(=O)N3C[C@H]4[C@@H]([C@H]3C(=O)N[C@@H](CC[C@@H]3CCCNC3=O)C(=O)COCc3ccccc3)C4(C)C)cc12. The number of aromatic amines is 1. The number of hydrogen-bond acceptors (Lipinski definition) is 6. The maximum absolute atomic E-state index is 14.1. The highest BCUT2D eigenvalue weighted by Gasteiger charge is 2.69. The number of benzene rings is 2. The van der Waals surface area contributed by atoms with Crippen LogP contribution in [0.5, 0.6) is 5.75 Å². The van der Waals surface area contributed by atoms with Crippen LogP contribution in [-0.2, 0) is 25.7 Å². The molecule has 3 fully saturated rings. The van der Waals surface area contributed by atoms with Crippen LogP contribution in [0.15, 0.2) is 54.6 Å². The fourth-order valence-electron chi connectivity index (χ4n) is 7.36. The molecule has 10 heteroatoms. The first-order valence-electron chi connectivity index (χ1n) is 15.9. The van der Waals surface area contributed by atoms with Crippen LogP contribution in [-0.4, -0.2) is 72.3 Å². The summed E-state index contributed by atoms with van der Waals surface area (Å²) in [4.78, 5) is 58.8. The predicted molar refractivity (Wildman–Crippen MR) is 168 cm³/mol. The van der Waals surface area contributed by atoms with Crippen LogP contribution < -0.4 is 15.4 Å². The lowest BCUT2D eigenvalue weighted by Gasteiger charge is -2.31. The lowest BCUT2D eigenvalue weighted by molar-refractivity contribution is -0.133. The number of likely N-dealkylation sites (tertiary alicyclic amines) is 1. The zero-order chi connectivity index (χ0) is 31.7. The van der Waals surface area contributed by atoms with Crippen molar-refractivity contribution >= 4 is 34.4 Å². The molecule has 1 aliphatic carbocycles. The second kappa shape index (κ2) is 12.7. The van der Waals surface area contributed by atoms with Crippen molar-refractivity contribution in [3.05, 3.63) is 65.9 Å². The number of carbonyl (C=O) groups is 4. The topological polar surface area (TPSA) is 130 Å². The Kier molecular flexibility index (Phi) is 8.68. The fraction of sp³-hybridized carbons (Fsp3) is 0.486. The van der Waals surface area contributed by atoms with Crippen LogP contribution in [0.2, 0.25) is 0 Å². The number of rotatable bonds is 12. The molecule has 0 spiro atoms. The van der Waals surface area contributed by atoms with Crippen LogP contribution in [0.4, 0.5) is 0 Å². The highest BCUT2D eigenvalue weighted by molar-refractivity contribution is 6.02. The van der Waals surface area contributed by atoms with Crippen molar-refractivity contribution in [2.24, 2.45) is 23.2 Å². The van der Waals surface area contributed by atoms with E-state index in [4.69, 9.17) is 9.47 Å². The van der Waals surface area contributed by atoms with Gasteiger partial charge in [0.15, 0.2) is 5.78 Å². The van der Waals surface area contributed by atoms with E-state index in [0.717, 1.165) is 29.3 Å². The number of ether oxygens (including phenoxy) is 2. The molecule has 2 aliphatic heterocycles. The molecule has 3 amide bonds. The number of hydrogen-bond donors (Lipinski definition) is 3. The molecule has 2 aromatic carbocycles. The number of carbonyl (C=O) groups excluding carboxylic acids is 4. The smallest absolute Gasteiger partial charge is 0.271 e. The van der Waals surface area contributed by atoms with Gasteiger partial charge in [-0.1, -0.05) is 50.2 Å². The largest absolute Gasteiger partial charge is 0.496 e. The van der Waals surface area contributed by atoms with Gasteiger partial charge in [-0.25, -0.2) is 0 Å². The summed E-state index contributed by atoms with van der Waals surface area (Å²) in [6, 6.07) is 15.4. The van der Waals surface area contributed by atoms with Gasteiger partial charge < -0.3 is 30.0 Å². The van der Waals surface area contributed by atoms with Gasteiger partial charge in [-0.05, 0) is 66.7 Å². The highest BCUT2D eigenvalue weighted by Crippen LogP contribution is 2.65. The first-order valence-corrected chi connectivity index (χ1v) is 15.9. The highest BCUT2D eigenvalue weighted by atomic mass is 16.5. The number of methoxy groups -OCH3 is 1. The number of Topliss-reactive ketones (excluding diaryl/α,β-unsaturated/α-hetero) is 1. The average molecular weight is 615 g/mol. The van der Waals surface area contributed by atoms with Crippen LogP contribution in [0.3, 0.4) is 0 Å². The molecule has 3 heterocycles. The van der Waals surface area contributed by atoms with Gasteiger partial charge in [0.05, 0.1) is 19.8 Å². The summed E-state index contributed by atoms with van der Waals surface area (Å²) in [5, 5.41) is 6.71. The zero-order valence-electron chi connectivity index (χ0n) is 26.1. The third-order valence-electron chi connectivity index (χ3n) is 10.1. The molecule has 0 radical (unpaired) electrons. The van der Waals surface area contributed by atoms with E-state index in [9.17, 15) is 19.2 Å². The Labute approximate surface area is 263 Å². The number of amides is 3. The lowest BCUT2D eigenvalue weighted by atomic mass is 9.91. The summed E-state index contributed by atoms with van der Waals surface area (Å²) in [5.41, 5.74) is 2.01. The second-order valence-electron chi connectivity index (χ2n) is 13.2. The molecule has 238 valence electrons. The normalized spacial score (nSPS) is 24.1. The van der Waals surface area contributed by atoms with Crippen molar-refractivity contribution in [1.82, 2.24) is 20.5 Å². The molecule has 0 unspecified atom stereocenters. The third-order valence-corrected chi connectivity index (χ3v) is 10.1. The summed E-state index contributed by atoms with van der Waals surface area (Å²) in [5.74, 6) is -0.240. The van der Waals surface area contributed by atoms with E-state index >= 15 is 0 Å². The Morgan fingerprint density at radius 3 is 2.67 bits per heavy atom. The van der Waals surface area contributed by atoms with Gasteiger partial charge in [-0.2, -0.15) is 0 Å². The molecule has 1 aromatic heterocycles. The van der Waals surface area contributed by atoms with Gasteiger partial charge in [0, 0.05) is 29.9 Å². The minimum atomic E-state index is -0.835. The first kappa shape index (κ1) is 30.8. The maximum Gasteiger partial charge on any atom is 0.271 e. The maximum atomic E-state index is 14.1.